The number of benzene rings is 3. The van der Waals surface area contributed by atoms with Crippen molar-refractivity contribution < 1.29 is 9.47 Å². The molecular formula is C30H34N2O2S. The van der Waals surface area contributed by atoms with Gasteiger partial charge in [-0.2, -0.15) is 0 Å². The standard InChI is InChI=1S/C30H34N2O2S/c1-31-29-17-16-28(35-29)27-14-10-23-21-25(33-2)13-15-26(23)30(27)34-24-11-8-22(9-12-24)7-6-20-32-18-4-3-5-19-32/h8-17,21,31H,3-7,18-20H2,1-2H3. The molecule has 1 aliphatic heterocycles. The van der Waals surface area contributed by atoms with Crippen molar-refractivity contribution in [2.45, 2.75) is 32.1 Å². The largest absolute Gasteiger partial charge is 0.497 e. The Morgan fingerprint density at radius 2 is 1.69 bits per heavy atom. The van der Waals surface area contributed by atoms with Crippen molar-refractivity contribution in [1.29, 1.82) is 0 Å². The summed E-state index contributed by atoms with van der Waals surface area (Å²) in [4.78, 5) is 3.79. The summed E-state index contributed by atoms with van der Waals surface area (Å²) in [5.74, 6) is 2.59. The zero-order valence-corrected chi connectivity index (χ0v) is 21.5. The van der Waals surface area contributed by atoms with E-state index < -0.39 is 0 Å². The molecule has 0 spiro atoms. The quantitative estimate of drug-likeness (QED) is 0.261. The molecule has 182 valence electrons. The minimum Gasteiger partial charge on any atom is -0.497 e. The number of rotatable bonds is 9. The normalized spacial score (nSPS) is 14.2. The maximum absolute atomic E-state index is 6.59. The number of nitrogens with one attached hydrogen (secondary N) is 1. The lowest BCUT2D eigenvalue weighted by atomic mass is 10.0. The highest BCUT2D eigenvalue weighted by atomic mass is 32.1. The molecule has 1 aromatic heterocycles. The molecule has 4 aromatic rings. The van der Waals surface area contributed by atoms with Crippen molar-refractivity contribution in [3.8, 4) is 27.7 Å². The maximum atomic E-state index is 6.59. The molecule has 0 atom stereocenters. The summed E-state index contributed by atoms with van der Waals surface area (Å²) in [6.45, 7) is 3.74. The summed E-state index contributed by atoms with van der Waals surface area (Å²) in [6, 6.07) is 23.3. The highest BCUT2D eigenvalue weighted by Crippen LogP contribution is 2.43. The van der Waals surface area contributed by atoms with Crippen molar-refractivity contribution in [2.24, 2.45) is 0 Å². The van der Waals surface area contributed by atoms with Gasteiger partial charge in [-0.15, -0.1) is 11.3 Å². The second-order valence-corrected chi connectivity index (χ2v) is 10.3. The maximum Gasteiger partial charge on any atom is 0.143 e. The SMILES string of the molecule is CNc1ccc(-c2ccc3cc(OC)ccc3c2Oc2ccc(CCCN3CCCCC3)cc2)s1. The number of hydrogen-bond acceptors (Lipinski definition) is 5. The van der Waals surface area contributed by atoms with Gasteiger partial charge in [0.1, 0.15) is 17.2 Å². The summed E-state index contributed by atoms with van der Waals surface area (Å²) in [5, 5.41) is 6.55. The number of piperidine rings is 1. The first-order chi connectivity index (χ1) is 17.2. The van der Waals surface area contributed by atoms with Crippen LogP contribution in [0, 0.1) is 0 Å². The summed E-state index contributed by atoms with van der Waals surface area (Å²) in [7, 11) is 3.65. The van der Waals surface area contributed by atoms with Crippen LogP contribution in [0.3, 0.4) is 0 Å². The van der Waals surface area contributed by atoms with Crippen LogP contribution in [-0.2, 0) is 6.42 Å². The first kappa shape index (κ1) is 23.7. The topological polar surface area (TPSA) is 33.7 Å². The van der Waals surface area contributed by atoms with Gasteiger partial charge in [-0.3, -0.25) is 0 Å². The van der Waals surface area contributed by atoms with E-state index >= 15 is 0 Å². The minimum absolute atomic E-state index is 0.846. The first-order valence-corrected chi connectivity index (χ1v) is 13.4. The van der Waals surface area contributed by atoms with Gasteiger partial charge >= 0.3 is 0 Å². The van der Waals surface area contributed by atoms with E-state index in [1.54, 1.807) is 18.4 Å². The van der Waals surface area contributed by atoms with Crippen LogP contribution in [0.4, 0.5) is 5.00 Å². The van der Waals surface area contributed by atoms with Crippen LogP contribution in [0.25, 0.3) is 21.2 Å². The lowest BCUT2D eigenvalue weighted by molar-refractivity contribution is 0.226. The third-order valence-corrected chi connectivity index (χ3v) is 7.96. The van der Waals surface area contributed by atoms with Gasteiger partial charge in [-0.05, 0) is 105 Å². The molecule has 5 heteroatoms. The smallest absolute Gasteiger partial charge is 0.143 e. The Labute approximate surface area is 212 Å². The molecule has 0 aliphatic carbocycles. The number of aryl methyl sites for hydroxylation is 1. The van der Waals surface area contributed by atoms with Gasteiger partial charge in [0, 0.05) is 22.9 Å². The summed E-state index contributed by atoms with van der Waals surface area (Å²) < 4.78 is 12.0. The number of nitrogens with zero attached hydrogens (tertiary/aromatic N) is 1. The van der Waals surface area contributed by atoms with Gasteiger partial charge in [-0.25, -0.2) is 0 Å². The van der Waals surface area contributed by atoms with Crippen molar-refractivity contribution in [1.82, 2.24) is 4.90 Å². The number of anilines is 1. The van der Waals surface area contributed by atoms with E-state index in [0.29, 0.717) is 0 Å². The molecule has 0 saturated carbocycles. The number of thiophene rings is 1. The van der Waals surface area contributed by atoms with Gasteiger partial charge in [-0.1, -0.05) is 24.6 Å². The van der Waals surface area contributed by atoms with Gasteiger partial charge < -0.3 is 19.7 Å². The first-order valence-electron chi connectivity index (χ1n) is 12.6. The molecule has 0 radical (unpaired) electrons. The second-order valence-electron chi connectivity index (χ2n) is 9.20. The van der Waals surface area contributed by atoms with Crippen LogP contribution in [-0.4, -0.2) is 38.7 Å². The molecule has 5 rings (SSSR count). The number of hydrogen-bond donors (Lipinski definition) is 1. The Hall–Kier alpha value is -3.02. The zero-order chi connectivity index (χ0) is 24.0. The lowest BCUT2D eigenvalue weighted by Crippen LogP contribution is -2.30. The molecule has 3 aromatic carbocycles. The number of ether oxygens (including phenoxy) is 2. The number of likely N-dealkylation sites (tertiary alicyclic amines) is 1. The fourth-order valence-corrected chi connectivity index (χ4v) is 5.74. The summed E-state index contributed by atoms with van der Waals surface area (Å²) >= 11 is 1.73. The Balaban J connectivity index is 1.37. The predicted molar refractivity (Wildman–Crippen MR) is 148 cm³/mol. The monoisotopic (exact) mass is 486 g/mol. The van der Waals surface area contributed by atoms with Gasteiger partial charge in [0.05, 0.1) is 12.1 Å². The van der Waals surface area contributed by atoms with Crippen molar-refractivity contribution in [3.05, 3.63) is 72.3 Å². The second kappa shape index (κ2) is 11.1. The van der Waals surface area contributed by atoms with Crippen LogP contribution in [0.2, 0.25) is 0 Å². The average molecular weight is 487 g/mol. The van der Waals surface area contributed by atoms with Crippen molar-refractivity contribution in [2.75, 3.05) is 39.1 Å². The number of fused-ring (bicyclic) bond motifs is 1. The number of methoxy groups -OCH3 is 1. The van der Waals surface area contributed by atoms with Crippen LogP contribution >= 0.6 is 11.3 Å². The molecule has 2 heterocycles. The van der Waals surface area contributed by atoms with Gasteiger partial charge in [0.15, 0.2) is 0 Å². The van der Waals surface area contributed by atoms with E-state index in [1.807, 2.05) is 13.1 Å². The van der Waals surface area contributed by atoms with E-state index in [-0.39, 0.29) is 0 Å². The van der Waals surface area contributed by atoms with Crippen LogP contribution in [0.15, 0.2) is 66.7 Å². The zero-order valence-electron chi connectivity index (χ0n) is 20.7. The molecule has 1 N–H and O–H groups in total. The molecule has 1 fully saturated rings. The van der Waals surface area contributed by atoms with E-state index in [2.05, 4.69) is 70.9 Å². The molecule has 4 nitrogen and oxygen atoms in total. The molecule has 0 bridgehead atoms. The van der Waals surface area contributed by atoms with Crippen LogP contribution in [0.1, 0.15) is 31.2 Å². The Kier molecular flexibility index (Phi) is 7.55. The Bertz CT molecular complexity index is 1260. The van der Waals surface area contributed by atoms with Crippen LogP contribution in [0.5, 0.6) is 17.2 Å². The predicted octanol–water partition coefficient (Wildman–Crippen LogP) is 7.83. The lowest BCUT2D eigenvalue weighted by Gasteiger charge is -2.26. The molecule has 1 aliphatic rings. The third-order valence-electron chi connectivity index (χ3n) is 6.83. The molecule has 0 unspecified atom stereocenters. The van der Waals surface area contributed by atoms with Crippen molar-refractivity contribution >= 4 is 27.1 Å². The van der Waals surface area contributed by atoms with Crippen LogP contribution < -0.4 is 14.8 Å². The molecule has 35 heavy (non-hydrogen) atoms. The fourth-order valence-electron chi connectivity index (χ4n) is 4.86. The highest BCUT2D eigenvalue weighted by molar-refractivity contribution is 7.19. The van der Waals surface area contributed by atoms with Gasteiger partial charge in [0.25, 0.3) is 0 Å². The van der Waals surface area contributed by atoms with E-state index in [9.17, 15) is 0 Å². The molecule has 0 amide bonds. The van der Waals surface area contributed by atoms with E-state index in [1.165, 1.54) is 55.8 Å². The third kappa shape index (κ3) is 5.63. The summed E-state index contributed by atoms with van der Waals surface area (Å²) in [6.07, 6.45) is 6.43. The Morgan fingerprint density at radius 1 is 0.886 bits per heavy atom. The van der Waals surface area contributed by atoms with Gasteiger partial charge in [0.2, 0.25) is 0 Å². The Morgan fingerprint density at radius 3 is 2.43 bits per heavy atom. The van der Waals surface area contributed by atoms with E-state index in [4.69, 9.17) is 9.47 Å². The highest BCUT2D eigenvalue weighted by Gasteiger charge is 2.15. The molecular weight excluding hydrogens is 452 g/mol. The average Bonchev–Trinajstić information content (AvgIpc) is 3.39. The van der Waals surface area contributed by atoms with E-state index in [0.717, 1.165) is 45.0 Å². The fraction of sp³-hybridized carbons (Fsp3) is 0.333. The van der Waals surface area contributed by atoms with Crippen molar-refractivity contribution in [3.63, 3.8) is 0 Å². The summed E-state index contributed by atoms with van der Waals surface area (Å²) in [5.41, 5.74) is 2.47. The minimum atomic E-state index is 0.846. The molecule has 1 saturated heterocycles.